The molecule has 1 heterocycles. The number of nitrogens with zero attached hydrogens (tertiary/aromatic N) is 3. The van der Waals surface area contributed by atoms with Crippen molar-refractivity contribution in [2.45, 2.75) is 37.3 Å². The Morgan fingerprint density at radius 2 is 2.20 bits per heavy atom. The molecule has 0 aliphatic carbocycles. The zero-order valence-corrected chi connectivity index (χ0v) is 13.5. The van der Waals surface area contributed by atoms with Crippen molar-refractivity contribution in [3.63, 3.8) is 0 Å². The molecule has 1 aromatic heterocycles. The fourth-order valence-electron chi connectivity index (χ4n) is 1.82. The van der Waals surface area contributed by atoms with Gasteiger partial charge < -0.3 is 10.3 Å². The van der Waals surface area contributed by atoms with Crippen LogP contribution in [-0.2, 0) is 18.8 Å². The second-order valence-electron chi connectivity index (χ2n) is 4.28. The average molecular weight is 359 g/mol. The highest BCUT2D eigenvalue weighted by molar-refractivity contribution is 9.10. The summed E-state index contributed by atoms with van der Waals surface area (Å²) in [5.41, 5.74) is 6.55. The number of benzene rings is 1. The van der Waals surface area contributed by atoms with Crippen molar-refractivity contribution in [1.29, 1.82) is 0 Å². The van der Waals surface area contributed by atoms with Crippen LogP contribution in [-0.4, -0.2) is 14.8 Å². The van der Waals surface area contributed by atoms with Gasteiger partial charge in [-0.3, -0.25) is 0 Å². The maximum atomic E-state index is 13.3. The molecule has 108 valence electrons. The van der Waals surface area contributed by atoms with E-state index in [9.17, 15) is 4.39 Å². The van der Waals surface area contributed by atoms with Gasteiger partial charge in [-0.05, 0) is 30.2 Å². The highest BCUT2D eigenvalue weighted by Gasteiger charge is 2.12. The Morgan fingerprint density at radius 3 is 2.90 bits per heavy atom. The number of hydrogen-bond donors (Lipinski definition) is 1. The summed E-state index contributed by atoms with van der Waals surface area (Å²) in [6, 6.07) is 4.68. The predicted molar refractivity (Wildman–Crippen MR) is 81.9 cm³/mol. The highest BCUT2D eigenvalue weighted by Crippen LogP contribution is 2.27. The van der Waals surface area contributed by atoms with E-state index in [0.29, 0.717) is 12.3 Å². The molecule has 0 saturated heterocycles. The summed E-state index contributed by atoms with van der Waals surface area (Å²) >= 11 is 4.97. The topological polar surface area (TPSA) is 56.7 Å². The Kier molecular flexibility index (Phi) is 5.56. The molecule has 2 N–H and O–H groups in total. The number of aromatic nitrogens is 3. The third-order valence-electron chi connectivity index (χ3n) is 2.79. The zero-order valence-electron chi connectivity index (χ0n) is 11.1. The molecule has 0 amide bonds. The summed E-state index contributed by atoms with van der Waals surface area (Å²) in [6.45, 7) is 3.31. The van der Waals surface area contributed by atoms with Gasteiger partial charge in [0.2, 0.25) is 0 Å². The summed E-state index contributed by atoms with van der Waals surface area (Å²) in [5.74, 6) is 1.18. The van der Waals surface area contributed by atoms with Gasteiger partial charge in [-0.2, -0.15) is 0 Å². The molecule has 0 aliphatic heterocycles. The van der Waals surface area contributed by atoms with Crippen molar-refractivity contribution < 1.29 is 4.39 Å². The average Bonchev–Trinajstić information content (AvgIpc) is 2.82. The summed E-state index contributed by atoms with van der Waals surface area (Å²) in [7, 11) is 0. The highest BCUT2D eigenvalue weighted by atomic mass is 79.9. The summed E-state index contributed by atoms with van der Waals surface area (Å²) in [6.07, 6.45) is 0.988. The minimum absolute atomic E-state index is 0.235. The number of rotatable bonds is 6. The molecule has 4 nitrogen and oxygen atoms in total. The monoisotopic (exact) mass is 358 g/mol. The Labute approximate surface area is 130 Å². The van der Waals surface area contributed by atoms with E-state index in [0.717, 1.165) is 34.0 Å². The molecule has 20 heavy (non-hydrogen) atoms. The molecule has 0 saturated carbocycles. The maximum absolute atomic E-state index is 13.3. The quantitative estimate of drug-likeness (QED) is 0.804. The van der Waals surface area contributed by atoms with Crippen molar-refractivity contribution in [3.05, 3.63) is 39.9 Å². The molecule has 0 spiro atoms. The Hall–Kier alpha value is -0.920. The number of halogens is 2. The molecule has 2 aromatic rings. The third-order valence-corrected chi connectivity index (χ3v) is 4.58. The Morgan fingerprint density at radius 1 is 1.40 bits per heavy atom. The first-order valence-electron chi connectivity index (χ1n) is 6.34. The van der Waals surface area contributed by atoms with Crippen molar-refractivity contribution in [3.8, 4) is 0 Å². The van der Waals surface area contributed by atoms with E-state index in [1.165, 1.54) is 23.9 Å². The zero-order chi connectivity index (χ0) is 14.5. The van der Waals surface area contributed by atoms with Gasteiger partial charge in [0.05, 0.1) is 6.54 Å². The van der Waals surface area contributed by atoms with Crippen molar-refractivity contribution in [1.82, 2.24) is 14.8 Å². The van der Waals surface area contributed by atoms with Crippen LogP contribution in [0, 0.1) is 5.82 Å². The van der Waals surface area contributed by atoms with E-state index < -0.39 is 0 Å². The van der Waals surface area contributed by atoms with Crippen LogP contribution in [0.3, 0.4) is 0 Å². The van der Waals surface area contributed by atoms with E-state index in [1.807, 2.05) is 4.57 Å². The van der Waals surface area contributed by atoms with Gasteiger partial charge in [0.25, 0.3) is 0 Å². The van der Waals surface area contributed by atoms with E-state index in [2.05, 4.69) is 33.1 Å². The summed E-state index contributed by atoms with van der Waals surface area (Å²) in [4.78, 5) is 0. The molecular formula is C13H16BrFN4S. The Bertz CT molecular complexity index is 588. The van der Waals surface area contributed by atoms with Gasteiger partial charge in [0.1, 0.15) is 11.6 Å². The second kappa shape index (κ2) is 7.19. The van der Waals surface area contributed by atoms with Crippen LogP contribution in [0.1, 0.15) is 24.7 Å². The fourth-order valence-corrected chi connectivity index (χ4v) is 3.37. The molecular weight excluding hydrogens is 343 g/mol. The number of nitrogens with two attached hydrogens (primary N) is 1. The van der Waals surface area contributed by atoms with Crippen LogP contribution in [0.2, 0.25) is 0 Å². The van der Waals surface area contributed by atoms with Gasteiger partial charge in [-0.25, -0.2) is 4.39 Å². The lowest BCUT2D eigenvalue weighted by atomic mass is 10.2. The van der Waals surface area contributed by atoms with Crippen LogP contribution in [0.15, 0.2) is 27.8 Å². The standard InChI is InChI=1S/C13H16BrFN4S/c1-2-5-19-12(7-16)17-18-13(19)20-8-9-6-10(15)3-4-11(9)14/h3-4,6H,2,5,7-8,16H2,1H3. The van der Waals surface area contributed by atoms with Crippen molar-refractivity contribution in [2.75, 3.05) is 0 Å². The molecule has 0 atom stereocenters. The molecule has 0 fully saturated rings. The van der Waals surface area contributed by atoms with Crippen LogP contribution in [0.25, 0.3) is 0 Å². The minimum atomic E-state index is -0.235. The van der Waals surface area contributed by atoms with E-state index in [4.69, 9.17) is 5.73 Å². The van der Waals surface area contributed by atoms with Crippen LogP contribution >= 0.6 is 27.7 Å². The lowest BCUT2D eigenvalue weighted by Gasteiger charge is -2.08. The van der Waals surface area contributed by atoms with Crippen molar-refractivity contribution in [2.24, 2.45) is 5.73 Å². The van der Waals surface area contributed by atoms with Gasteiger partial charge >= 0.3 is 0 Å². The van der Waals surface area contributed by atoms with Gasteiger partial charge in [-0.15, -0.1) is 10.2 Å². The van der Waals surface area contributed by atoms with Gasteiger partial charge in [0.15, 0.2) is 5.16 Å². The minimum Gasteiger partial charge on any atom is -0.324 e. The summed E-state index contributed by atoms with van der Waals surface area (Å²) < 4.78 is 16.2. The Balaban J connectivity index is 2.14. The largest absolute Gasteiger partial charge is 0.324 e. The van der Waals surface area contributed by atoms with E-state index in [1.54, 1.807) is 6.07 Å². The lowest BCUT2D eigenvalue weighted by Crippen LogP contribution is -2.09. The lowest BCUT2D eigenvalue weighted by molar-refractivity contribution is 0.592. The molecule has 0 unspecified atom stereocenters. The smallest absolute Gasteiger partial charge is 0.191 e. The third kappa shape index (κ3) is 3.59. The van der Waals surface area contributed by atoms with Crippen molar-refractivity contribution >= 4 is 27.7 Å². The van der Waals surface area contributed by atoms with E-state index >= 15 is 0 Å². The molecule has 0 bridgehead atoms. The first kappa shape index (κ1) is 15.5. The molecule has 1 aromatic carbocycles. The van der Waals surface area contributed by atoms with Gasteiger partial charge in [-0.1, -0.05) is 34.6 Å². The molecule has 0 aliphatic rings. The van der Waals surface area contributed by atoms with Crippen LogP contribution in [0.4, 0.5) is 4.39 Å². The predicted octanol–water partition coefficient (Wildman–Crippen LogP) is 3.34. The fraction of sp³-hybridized carbons (Fsp3) is 0.385. The molecule has 0 radical (unpaired) electrons. The van der Waals surface area contributed by atoms with E-state index in [-0.39, 0.29) is 5.82 Å². The number of thioether (sulfide) groups is 1. The molecule has 2 rings (SSSR count). The first-order valence-corrected chi connectivity index (χ1v) is 8.12. The van der Waals surface area contributed by atoms with Crippen LogP contribution in [0.5, 0.6) is 0 Å². The number of hydrogen-bond acceptors (Lipinski definition) is 4. The second-order valence-corrected chi connectivity index (χ2v) is 6.08. The summed E-state index contributed by atoms with van der Waals surface area (Å²) in [5, 5.41) is 9.07. The first-order chi connectivity index (χ1) is 9.65. The SMILES string of the molecule is CCCn1c(CN)nnc1SCc1cc(F)ccc1Br. The van der Waals surface area contributed by atoms with Gasteiger partial charge in [0, 0.05) is 16.8 Å². The maximum Gasteiger partial charge on any atom is 0.191 e. The molecule has 7 heteroatoms. The normalized spacial score (nSPS) is 11.0. The van der Waals surface area contributed by atoms with Crippen LogP contribution < -0.4 is 5.73 Å².